The molecule has 0 amide bonds. The van der Waals surface area contributed by atoms with E-state index in [0.717, 1.165) is 6.42 Å². The summed E-state index contributed by atoms with van der Waals surface area (Å²) in [6, 6.07) is 0. The highest BCUT2D eigenvalue weighted by Gasteiger charge is 2.01. The zero-order valence-electron chi connectivity index (χ0n) is 8.89. The summed E-state index contributed by atoms with van der Waals surface area (Å²) in [4.78, 5) is 10.7. The zero-order valence-corrected chi connectivity index (χ0v) is 8.89. The van der Waals surface area contributed by atoms with Crippen LogP contribution in [0.2, 0.25) is 0 Å². The lowest BCUT2D eigenvalue weighted by Gasteiger charge is -1.97. The highest BCUT2D eigenvalue weighted by molar-refractivity contribution is 5.85. The van der Waals surface area contributed by atoms with Crippen molar-refractivity contribution in [2.45, 2.75) is 33.6 Å². The predicted octanol–water partition coefficient (Wildman–Crippen LogP) is 2.56. The fourth-order valence-corrected chi connectivity index (χ4v) is 0.683. The summed E-state index contributed by atoms with van der Waals surface area (Å²) in [6.07, 6.45) is 4.06. The Morgan fingerprint density at radius 3 is 2.31 bits per heavy atom. The first-order valence-electron chi connectivity index (χ1n) is 4.50. The molecular formula is C10H19NO2. The molecule has 0 rings (SSSR count). The standard InChI is InChI=1S/C8H13NO2.C2H6/c1-3-4-7(6-9)5-8(10)11-2;1-2/h4,6,9H,3,5H2,1-2H3;1-2H3/b7-4-,9-6?;. The van der Waals surface area contributed by atoms with Crippen molar-refractivity contribution in [2.24, 2.45) is 0 Å². The normalized spacial score (nSPS) is 9.69. The molecule has 0 atom stereocenters. The maximum Gasteiger partial charge on any atom is 0.310 e. The Balaban J connectivity index is 0. The van der Waals surface area contributed by atoms with E-state index in [1.54, 1.807) is 0 Å². The van der Waals surface area contributed by atoms with Gasteiger partial charge in [0.25, 0.3) is 0 Å². The second kappa shape index (κ2) is 10.9. The minimum absolute atomic E-state index is 0.202. The molecule has 13 heavy (non-hydrogen) atoms. The predicted molar refractivity (Wildman–Crippen MR) is 55.1 cm³/mol. The van der Waals surface area contributed by atoms with Gasteiger partial charge in [0, 0.05) is 6.21 Å². The van der Waals surface area contributed by atoms with Gasteiger partial charge >= 0.3 is 5.97 Å². The smallest absolute Gasteiger partial charge is 0.310 e. The Morgan fingerprint density at radius 2 is 2.00 bits per heavy atom. The summed E-state index contributed by atoms with van der Waals surface area (Å²) in [5.74, 6) is -0.298. The Bertz CT molecular complexity index is 174. The summed E-state index contributed by atoms with van der Waals surface area (Å²) in [7, 11) is 1.34. The zero-order chi connectivity index (χ0) is 10.7. The number of hydrogen-bond acceptors (Lipinski definition) is 3. The highest BCUT2D eigenvalue weighted by Crippen LogP contribution is 2.00. The van der Waals surface area contributed by atoms with Crippen molar-refractivity contribution in [3.05, 3.63) is 11.6 Å². The van der Waals surface area contributed by atoms with E-state index in [4.69, 9.17) is 5.41 Å². The molecule has 0 aromatic rings. The lowest BCUT2D eigenvalue weighted by molar-refractivity contribution is -0.139. The van der Waals surface area contributed by atoms with Gasteiger partial charge in [-0.15, -0.1) is 0 Å². The van der Waals surface area contributed by atoms with Gasteiger partial charge in [-0.05, 0) is 12.0 Å². The van der Waals surface area contributed by atoms with Crippen LogP contribution in [0.1, 0.15) is 33.6 Å². The summed E-state index contributed by atoms with van der Waals surface area (Å²) in [5, 5.41) is 6.93. The van der Waals surface area contributed by atoms with Gasteiger partial charge in [0.05, 0.1) is 13.5 Å². The molecule has 0 aliphatic carbocycles. The van der Waals surface area contributed by atoms with Gasteiger partial charge in [0.15, 0.2) is 0 Å². The van der Waals surface area contributed by atoms with Gasteiger partial charge in [-0.1, -0.05) is 26.8 Å². The van der Waals surface area contributed by atoms with Crippen LogP contribution in [-0.2, 0) is 9.53 Å². The van der Waals surface area contributed by atoms with Crippen molar-refractivity contribution in [3.8, 4) is 0 Å². The van der Waals surface area contributed by atoms with Crippen LogP contribution >= 0.6 is 0 Å². The van der Waals surface area contributed by atoms with Gasteiger partial charge < -0.3 is 10.1 Å². The van der Waals surface area contributed by atoms with E-state index in [1.807, 2.05) is 26.8 Å². The van der Waals surface area contributed by atoms with Gasteiger partial charge in [0.2, 0.25) is 0 Å². The van der Waals surface area contributed by atoms with E-state index < -0.39 is 0 Å². The van der Waals surface area contributed by atoms with E-state index in [9.17, 15) is 4.79 Å². The van der Waals surface area contributed by atoms with Crippen molar-refractivity contribution in [2.75, 3.05) is 7.11 Å². The number of carbonyl (C=O) groups is 1. The van der Waals surface area contributed by atoms with E-state index >= 15 is 0 Å². The van der Waals surface area contributed by atoms with Crippen LogP contribution in [0, 0.1) is 5.41 Å². The molecule has 3 nitrogen and oxygen atoms in total. The first-order valence-corrected chi connectivity index (χ1v) is 4.50. The maximum atomic E-state index is 10.7. The van der Waals surface area contributed by atoms with E-state index in [2.05, 4.69) is 4.74 Å². The van der Waals surface area contributed by atoms with Crippen LogP contribution in [0.15, 0.2) is 11.6 Å². The average molecular weight is 185 g/mol. The molecule has 0 bridgehead atoms. The van der Waals surface area contributed by atoms with Crippen molar-refractivity contribution in [1.29, 1.82) is 5.41 Å². The minimum Gasteiger partial charge on any atom is -0.469 e. The molecule has 0 saturated carbocycles. The fourth-order valence-electron chi connectivity index (χ4n) is 0.683. The van der Waals surface area contributed by atoms with Crippen molar-refractivity contribution < 1.29 is 9.53 Å². The number of hydrogen-bond donors (Lipinski definition) is 1. The molecule has 0 aromatic carbocycles. The minimum atomic E-state index is -0.298. The summed E-state index contributed by atoms with van der Waals surface area (Å²) in [6.45, 7) is 5.96. The molecule has 0 aliphatic rings. The van der Waals surface area contributed by atoms with E-state index in [-0.39, 0.29) is 12.4 Å². The monoisotopic (exact) mass is 185 g/mol. The lowest BCUT2D eigenvalue weighted by atomic mass is 10.2. The van der Waals surface area contributed by atoms with Crippen LogP contribution in [0.25, 0.3) is 0 Å². The first-order chi connectivity index (χ1) is 6.24. The topological polar surface area (TPSA) is 50.2 Å². The SMILES string of the molecule is CC.CC/C=C(\C=N)CC(=O)OC. The molecule has 3 heteroatoms. The fraction of sp³-hybridized carbons (Fsp3) is 0.600. The van der Waals surface area contributed by atoms with Crippen molar-refractivity contribution in [3.63, 3.8) is 0 Å². The van der Waals surface area contributed by atoms with E-state index in [0.29, 0.717) is 5.57 Å². The third kappa shape index (κ3) is 8.79. The first kappa shape index (κ1) is 14.4. The lowest BCUT2D eigenvalue weighted by Crippen LogP contribution is -2.02. The summed E-state index contributed by atoms with van der Waals surface area (Å²) >= 11 is 0. The number of methoxy groups -OCH3 is 1. The Hall–Kier alpha value is -1.12. The molecule has 76 valence electrons. The summed E-state index contributed by atoms with van der Waals surface area (Å²) in [5.41, 5.74) is 0.708. The Labute approximate surface area is 80.3 Å². The van der Waals surface area contributed by atoms with Crippen LogP contribution in [0.3, 0.4) is 0 Å². The average Bonchev–Trinajstić information content (AvgIpc) is 2.20. The molecule has 0 heterocycles. The number of rotatable bonds is 4. The Morgan fingerprint density at radius 1 is 1.46 bits per heavy atom. The largest absolute Gasteiger partial charge is 0.469 e. The van der Waals surface area contributed by atoms with Crippen LogP contribution in [0.4, 0.5) is 0 Å². The number of esters is 1. The number of carbonyl (C=O) groups excluding carboxylic acids is 1. The Kier molecular flexibility index (Phi) is 12.1. The van der Waals surface area contributed by atoms with E-state index in [1.165, 1.54) is 13.3 Å². The third-order valence-corrected chi connectivity index (χ3v) is 1.23. The molecular weight excluding hydrogens is 166 g/mol. The van der Waals surface area contributed by atoms with Gasteiger partial charge in [0.1, 0.15) is 0 Å². The van der Waals surface area contributed by atoms with Crippen LogP contribution in [-0.4, -0.2) is 19.3 Å². The maximum absolute atomic E-state index is 10.7. The number of allylic oxidation sites excluding steroid dienone is 1. The molecule has 0 radical (unpaired) electrons. The van der Waals surface area contributed by atoms with Crippen molar-refractivity contribution >= 4 is 12.2 Å². The second-order valence-electron chi connectivity index (χ2n) is 2.08. The summed E-state index contributed by atoms with van der Waals surface area (Å²) < 4.78 is 4.45. The number of ether oxygens (including phenoxy) is 1. The third-order valence-electron chi connectivity index (χ3n) is 1.23. The second-order valence-corrected chi connectivity index (χ2v) is 2.08. The molecule has 1 N–H and O–H groups in total. The molecule has 0 fully saturated rings. The van der Waals surface area contributed by atoms with Gasteiger partial charge in [-0.2, -0.15) is 0 Å². The van der Waals surface area contributed by atoms with Gasteiger partial charge in [-0.25, -0.2) is 0 Å². The molecule has 0 aromatic heterocycles. The van der Waals surface area contributed by atoms with Crippen molar-refractivity contribution in [1.82, 2.24) is 0 Å². The molecule has 0 unspecified atom stereocenters. The van der Waals surface area contributed by atoms with Gasteiger partial charge in [-0.3, -0.25) is 4.79 Å². The molecule has 0 aliphatic heterocycles. The quantitative estimate of drug-likeness (QED) is 0.540. The molecule has 0 saturated heterocycles. The van der Waals surface area contributed by atoms with Crippen LogP contribution < -0.4 is 0 Å². The van der Waals surface area contributed by atoms with Crippen LogP contribution in [0.5, 0.6) is 0 Å². The number of nitrogens with one attached hydrogen (secondary N) is 1. The highest BCUT2D eigenvalue weighted by atomic mass is 16.5. The molecule has 0 spiro atoms.